The molecule has 2 rings (SSSR count). The number of rotatable bonds is 8. The Morgan fingerprint density at radius 3 is 2.32 bits per heavy atom. The van der Waals surface area contributed by atoms with Gasteiger partial charge in [-0.15, -0.1) is 0 Å². The molecule has 1 atom stereocenters. The van der Waals surface area contributed by atoms with Crippen molar-refractivity contribution in [3.05, 3.63) is 65.2 Å². The van der Waals surface area contributed by atoms with Gasteiger partial charge in [-0.2, -0.15) is 4.31 Å². The minimum absolute atomic E-state index is 0.00151. The van der Waals surface area contributed by atoms with Crippen LogP contribution in [-0.4, -0.2) is 44.8 Å². The predicted octanol–water partition coefficient (Wildman–Crippen LogP) is 2.38. The van der Waals surface area contributed by atoms with Gasteiger partial charge in [-0.1, -0.05) is 41.9 Å². The second-order valence-electron chi connectivity index (χ2n) is 6.08. The summed E-state index contributed by atoms with van der Waals surface area (Å²) in [5, 5.41) is 3.11. The molecule has 0 bridgehead atoms. The summed E-state index contributed by atoms with van der Waals surface area (Å²) in [6, 6.07) is 14.6. The largest absolute Gasteiger partial charge is 0.455 e. The Labute approximate surface area is 169 Å². The number of benzene rings is 2. The highest BCUT2D eigenvalue weighted by Gasteiger charge is 2.24. The SMILES string of the molecule is CC(NC(=O)COC(=O)CN(C)S(=O)(=O)c1ccc(Cl)cc1)c1ccccc1. The summed E-state index contributed by atoms with van der Waals surface area (Å²) >= 11 is 5.75. The molecular formula is C19H21ClN2O5S. The molecule has 1 N–H and O–H groups in total. The lowest BCUT2D eigenvalue weighted by molar-refractivity contribution is -0.148. The van der Waals surface area contributed by atoms with Crippen molar-refractivity contribution in [3.63, 3.8) is 0 Å². The van der Waals surface area contributed by atoms with Crippen LogP contribution in [0.4, 0.5) is 0 Å². The van der Waals surface area contributed by atoms with Gasteiger partial charge in [0, 0.05) is 12.1 Å². The summed E-state index contributed by atoms with van der Waals surface area (Å²) in [5.41, 5.74) is 0.913. The number of sulfonamides is 1. The fourth-order valence-corrected chi connectivity index (χ4v) is 3.59. The Morgan fingerprint density at radius 2 is 1.71 bits per heavy atom. The smallest absolute Gasteiger partial charge is 0.321 e. The standard InChI is InChI=1S/C19H21ClN2O5S/c1-14(15-6-4-3-5-7-15)21-18(23)13-27-19(24)12-22(2)28(25,26)17-10-8-16(20)9-11-17/h3-11,14H,12-13H2,1-2H3,(H,21,23). The fraction of sp³-hybridized carbons (Fsp3) is 0.263. The molecular weight excluding hydrogens is 404 g/mol. The second kappa shape index (κ2) is 9.68. The molecule has 2 aromatic carbocycles. The van der Waals surface area contributed by atoms with Crippen molar-refractivity contribution in [3.8, 4) is 0 Å². The maximum absolute atomic E-state index is 12.4. The molecule has 0 aromatic heterocycles. The van der Waals surface area contributed by atoms with E-state index < -0.39 is 35.1 Å². The summed E-state index contributed by atoms with van der Waals surface area (Å²) in [5.74, 6) is -1.31. The van der Waals surface area contributed by atoms with E-state index in [0.717, 1.165) is 9.87 Å². The molecule has 0 aliphatic heterocycles. The van der Waals surface area contributed by atoms with E-state index in [1.165, 1.54) is 31.3 Å². The molecule has 1 unspecified atom stereocenters. The minimum atomic E-state index is -3.87. The van der Waals surface area contributed by atoms with Crippen molar-refractivity contribution >= 4 is 33.5 Å². The van der Waals surface area contributed by atoms with Gasteiger partial charge in [0.05, 0.1) is 10.9 Å². The lowest BCUT2D eigenvalue weighted by Gasteiger charge is -2.17. The van der Waals surface area contributed by atoms with Crippen LogP contribution in [0.2, 0.25) is 5.02 Å². The molecule has 150 valence electrons. The van der Waals surface area contributed by atoms with Gasteiger partial charge < -0.3 is 10.1 Å². The third-order valence-corrected chi connectivity index (χ3v) is 5.98. The number of hydrogen-bond acceptors (Lipinski definition) is 5. The van der Waals surface area contributed by atoms with Crippen molar-refractivity contribution in [1.82, 2.24) is 9.62 Å². The Kier molecular flexibility index (Phi) is 7.56. The van der Waals surface area contributed by atoms with Crippen molar-refractivity contribution in [1.29, 1.82) is 0 Å². The van der Waals surface area contributed by atoms with E-state index in [4.69, 9.17) is 16.3 Å². The monoisotopic (exact) mass is 424 g/mol. The molecule has 0 fully saturated rings. The van der Waals surface area contributed by atoms with Crippen LogP contribution in [0.25, 0.3) is 0 Å². The zero-order valence-electron chi connectivity index (χ0n) is 15.5. The summed E-state index contributed by atoms with van der Waals surface area (Å²) in [7, 11) is -2.62. The fourth-order valence-electron chi connectivity index (χ4n) is 2.35. The summed E-state index contributed by atoms with van der Waals surface area (Å²) in [4.78, 5) is 23.9. The number of nitrogens with one attached hydrogen (secondary N) is 1. The molecule has 0 saturated carbocycles. The van der Waals surface area contributed by atoms with Crippen molar-refractivity contribution in [2.45, 2.75) is 17.9 Å². The van der Waals surface area contributed by atoms with Crippen LogP contribution >= 0.6 is 11.6 Å². The van der Waals surface area contributed by atoms with Gasteiger partial charge in [-0.25, -0.2) is 8.42 Å². The highest BCUT2D eigenvalue weighted by Crippen LogP contribution is 2.17. The number of hydrogen-bond donors (Lipinski definition) is 1. The number of ether oxygens (including phenoxy) is 1. The number of halogens is 1. The highest BCUT2D eigenvalue weighted by molar-refractivity contribution is 7.89. The number of likely N-dealkylation sites (N-methyl/N-ethyl adjacent to an activating group) is 1. The Bertz CT molecular complexity index is 917. The normalized spacial score (nSPS) is 12.4. The van der Waals surface area contributed by atoms with E-state index in [-0.39, 0.29) is 10.9 Å². The minimum Gasteiger partial charge on any atom is -0.455 e. The average molecular weight is 425 g/mol. The van der Waals surface area contributed by atoms with Crippen LogP contribution in [0.5, 0.6) is 0 Å². The maximum atomic E-state index is 12.4. The van der Waals surface area contributed by atoms with Gasteiger partial charge >= 0.3 is 5.97 Å². The second-order valence-corrected chi connectivity index (χ2v) is 8.56. The third-order valence-electron chi connectivity index (χ3n) is 3.91. The summed E-state index contributed by atoms with van der Waals surface area (Å²) in [6.07, 6.45) is 0. The summed E-state index contributed by atoms with van der Waals surface area (Å²) in [6.45, 7) is 0.791. The van der Waals surface area contributed by atoms with Gasteiger partial charge in [0.2, 0.25) is 10.0 Å². The number of amides is 1. The first-order valence-corrected chi connectivity index (χ1v) is 10.2. The van der Waals surface area contributed by atoms with Crippen LogP contribution in [-0.2, 0) is 24.3 Å². The van der Waals surface area contributed by atoms with Crippen LogP contribution < -0.4 is 5.32 Å². The molecule has 0 radical (unpaired) electrons. The Hall–Kier alpha value is -2.42. The first kappa shape index (κ1) is 21.9. The van der Waals surface area contributed by atoms with Crippen molar-refractivity contribution < 1.29 is 22.7 Å². The molecule has 9 heteroatoms. The maximum Gasteiger partial charge on any atom is 0.321 e. The van der Waals surface area contributed by atoms with Gasteiger partial charge in [0.15, 0.2) is 6.61 Å². The lowest BCUT2D eigenvalue weighted by Crippen LogP contribution is -2.35. The van der Waals surface area contributed by atoms with Crippen LogP contribution in [0.3, 0.4) is 0 Å². The van der Waals surface area contributed by atoms with E-state index in [0.29, 0.717) is 5.02 Å². The highest BCUT2D eigenvalue weighted by atomic mass is 35.5. The quantitative estimate of drug-likeness (QED) is 0.657. The molecule has 0 spiro atoms. The van der Waals surface area contributed by atoms with Gasteiger partial charge in [0.25, 0.3) is 5.91 Å². The number of nitrogens with zero attached hydrogens (tertiary/aromatic N) is 1. The first-order valence-electron chi connectivity index (χ1n) is 8.42. The first-order chi connectivity index (χ1) is 13.2. The number of carbonyl (C=O) groups excluding carboxylic acids is 2. The Morgan fingerprint density at radius 1 is 1.11 bits per heavy atom. The molecule has 1 amide bonds. The molecule has 0 aliphatic rings. The zero-order chi connectivity index (χ0) is 20.7. The van der Waals surface area contributed by atoms with Crippen molar-refractivity contribution in [2.24, 2.45) is 0 Å². The van der Waals surface area contributed by atoms with Gasteiger partial charge in [-0.05, 0) is 36.8 Å². The number of carbonyl (C=O) groups is 2. The molecule has 2 aromatic rings. The molecule has 7 nitrogen and oxygen atoms in total. The van der Waals surface area contributed by atoms with E-state index >= 15 is 0 Å². The Balaban J connectivity index is 1.84. The van der Waals surface area contributed by atoms with Gasteiger partial charge in [-0.3, -0.25) is 9.59 Å². The summed E-state index contributed by atoms with van der Waals surface area (Å²) < 4.78 is 30.6. The van der Waals surface area contributed by atoms with Gasteiger partial charge in [0.1, 0.15) is 6.54 Å². The molecule has 0 aliphatic carbocycles. The van der Waals surface area contributed by atoms with E-state index in [2.05, 4.69) is 5.32 Å². The topological polar surface area (TPSA) is 92.8 Å². The van der Waals surface area contributed by atoms with Crippen LogP contribution in [0, 0.1) is 0 Å². The van der Waals surface area contributed by atoms with E-state index in [1.54, 1.807) is 0 Å². The van der Waals surface area contributed by atoms with Crippen LogP contribution in [0.15, 0.2) is 59.5 Å². The average Bonchev–Trinajstić information content (AvgIpc) is 2.67. The van der Waals surface area contributed by atoms with Crippen molar-refractivity contribution in [2.75, 3.05) is 20.2 Å². The number of esters is 1. The predicted molar refractivity (Wildman–Crippen MR) is 105 cm³/mol. The van der Waals surface area contributed by atoms with Crippen LogP contribution in [0.1, 0.15) is 18.5 Å². The molecule has 0 heterocycles. The van der Waals surface area contributed by atoms with E-state index in [9.17, 15) is 18.0 Å². The molecule has 0 saturated heterocycles. The lowest BCUT2D eigenvalue weighted by atomic mass is 10.1. The third kappa shape index (κ3) is 6.05. The zero-order valence-corrected chi connectivity index (χ0v) is 17.0. The van der Waals surface area contributed by atoms with E-state index in [1.807, 2.05) is 37.3 Å². The molecule has 28 heavy (non-hydrogen) atoms.